The molecule has 1 aromatic carbocycles. The van der Waals surface area contributed by atoms with Crippen LogP contribution in [-0.2, 0) is 11.2 Å². The van der Waals surface area contributed by atoms with Crippen LogP contribution in [0.2, 0.25) is 0 Å². The number of pyridine rings is 1. The quantitative estimate of drug-likeness (QED) is 0.942. The van der Waals surface area contributed by atoms with Gasteiger partial charge in [0, 0.05) is 18.5 Å². The Morgan fingerprint density at radius 2 is 2.13 bits per heavy atom. The number of hydrogen-bond acceptors (Lipinski definition) is 4. The van der Waals surface area contributed by atoms with E-state index in [1.54, 1.807) is 19.5 Å². The lowest BCUT2D eigenvalue weighted by Gasteiger charge is -2.26. The minimum Gasteiger partial charge on any atom is -0.497 e. The molecule has 1 N–H and O–H groups in total. The van der Waals surface area contributed by atoms with Gasteiger partial charge in [-0.3, -0.25) is 9.78 Å². The normalized spacial score (nSPS) is 17.6. The number of methoxy groups -OCH3 is 1. The van der Waals surface area contributed by atoms with Crippen molar-refractivity contribution >= 4 is 5.91 Å². The summed E-state index contributed by atoms with van der Waals surface area (Å²) in [6.45, 7) is 2.35. The smallest absolute Gasteiger partial charge is 0.227 e. The molecule has 0 spiro atoms. The van der Waals surface area contributed by atoms with Gasteiger partial charge in [0.15, 0.2) is 0 Å². The number of ether oxygens (including phenoxy) is 2. The molecule has 2 unspecified atom stereocenters. The fourth-order valence-corrected chi connectivity index (χ4v) is 2.71. The third kappa shape index (κ3) is 3.44. The third-order valence-electron chi connectivity index (χ3n) is 4.12. The molecule has 120 valence electrons. The summed E-state index contributed by atoms with van der Waals surface area (Å²) in [6, 6.07) is 9.47. The molecule has 0 saturated carbocycles. The van der Waals surface area contributed by atoms with Gasteiger partial charge in [0.2, 0.25) is 5.91 Å². The highest BCUT2D eigenvalue weighted by atomic mass is 16.5. The Morgan fingerprint density at radius 1 is 1.35 bits per heavy atom. The molecular formula is C18H20N2O3. The number of benzene rings is 1. The van der Waals surface area contributed by atoms with Crippen LogP contribution in [-0.4, -0.2) is 24.6 Å². The largest absolute Gasteiger partial charge is 0.497 e. The predicted octanol–water partition coefficient (Wildman–Crippen LogP) is 2.52. The highest BCUT2D eigenvalue weighted by molar-refractivity contribution is 5.80. The van der Waals surface area contributed by atoms with Gasteiger partial charge in [-0.25, -0.2) is 0 Å². The minimum atomic E-state index is -0.180. The van der Waals surface area contributed by atoms with Gasteiger partial charge in [0.25, 0.3) is 0 Å². The summed E-state index contributed by atoms with van der Waals surface area (Å²) in [4.78, 5) is 16.5. The van der Waals surface area contributed by atoms with Gasteiger partial charge in [-0.2, -0.15) is 0 Å². The number of aromatic nitrogens is 1. The van der Waals surface area contributed by atoms with E-state index >= 15 is 0 Å². The monoisotopic (exact) mass is 312 g/mol. The first-order valence-electron chi connectivity index (χ1n) is 7.67. The van der Waals surface area contributed by atoms with Crippen LogP contribution in [0.4, 0.5) is 0 Å². The van der Waals surface area contributed by atoms with Crippen LogP contribution < -0.4 is 14.8 Å². The number of amides is 1. The van der Waals surface area contributed by atoms with E-state index in [-0.39, 0.29) is 17.9 Å². The number of carbonyl (C=O) groups is 1. The molecule has 0 bridgehead atoms. The molecule has 1 aliphatic heterocycles. The third-order valence-corrected chi connectivity index (χ3v) is 4.12. The number of carbonyl (C=O) groups excluding carboxylic acids is 1. The van der Waals surface area contributed by atoms with Crippen LogP contribution in [0.1, 0.15) is 24.1 Å². The zero-order chi connectivity index (χ0) is 16.2. The number of nitrogens with one attached hydrogen (secondary N) is 1. The van der Waals surface area contributed by atoms with E-state index in [0.29, 0.717) is 13.0 Å². The first kappa shape index (κ1) is 15.3. The summed E-state index contributed by atoms with van der Waals surface area (Å²) in [7, 11) is 1.63. The number of fused-ring (bicyclic) bond motifs is 1. The van der Waals surface area contributed by atoms with Gasteiger partial charge < -0.3 is 14.8 Å². The topological polar surface area (TPSA) is 60.5 Å². The molecule has 1 amide bonds. The van der Waals surface area contributed by atoms with E-state index in [9.17, 15) is 4.79 Å². The number of rotatable bonds is 4. The van der Waals surface area contributed by atoms with E-state index in [2.05, 4.69) is 10.3 Å². The average Bonchev–Trinajstić information content (AvgIpc) is 2.61. The molecule has 2 aromatic rings. The number of hydrogen-bond donors (Lipinski definition) is 1. The van der Waals surface area contributed by atoms with Crippen molar-refractivity contribution in [3.8, 4) is 11.5 Å². The van der Waals surface area contributed by atoms with Crippen LogP contribution in [0.25, 0.3) is 0 Å². The van der Waals surface area contributed by atoms with Crippen molar-refractivity contribution in [3.63, 3.8) is 0 Å². The minimum absolute atomic E-state index is 0.00998. The second-order valence-corrected chi connectivity index (χ2v) is 5.70. The lowest BCUT2D eigenvalue weighted by Crippen LogP contribution is -2.38. The van der Waals surface area contributed by atoms with Crippen LogP contribution >= 0.6 is 0 Å². The molecule has 0 aliphatic carbocycles. The van der Waals surface area contributed by atoms with Crippen molar-refractivity contribution in [3.05, 3.63) is 53.9 Å². The first-order valence-corrected chi connectivity index (χ1v) is 7.67. The Labute approximate surface area is 135 Å². The molecule has 0 radical (unpaired) electrons. The summed E-state index contributed by atoms with van der Waals surface area (Å²) < 4.78 is 10.9. The predicted molar refractivity (Wildman–Crippen MR) is 86.5 cm³/mol. The Hall–Kier alpha value is -2.56. The highest BCUT2D eigenvalue weighted by Crippen LogP contribution is 2.31. The zero-order valence-corrected chi connectivity index (χ0v) is 13.3. The van der Waals surface area contributed by atoms with Gasteiger partial charge in [0.05, 0.1) is 19.1 Å². The molecule has 1 aliphatic rings. The molecule has 1 aromatic heterocycles. The molecule has 5 heteroatoms. The summed E-state index contributed by atoms with van der Waals surface area (Å²) in [5, 5.41) is 3.05. The summed E-state index contributed by atoms with van der Waals surface area (Å²) in [6.07, 6.45) is 4.13. The van der Waals surface area contributed by atoms with Gasteiger partial charge in [-0.05, 0) is 42.7 Å². The molecule has 3 rings (SSSR count). The SMILES string of the molecule is COc1ccc2c(c1)OCC(C(=O)NC(C)c1ccncc1)C2. The molecule has 23 heavy (non-hydrogen) atoms. The van der Waals surface area contributed by atoms with Crippen molar-refractivity contribution in [1.82, 2.24) is 10.3 Å². The van der Waals surface area contributed by atoms with Crippen LogP contribution in [0.15, 0.2) is 42.7 Å². The molecule has 2 atom stereocenters. The van der Waals surface area contributed by atoms with Gasteiger partial charge in [-0.1, -0.05) is 6.07 Å². The maximum absolute atomic E-state index is 12.5. The Kier molecular flexibility index (Phi) is 4.46. The van der Waals surface area contributed by atoms with Crippen molar-refractivity contribution in [2.24, 2.45) is 5.92 Å². The Bertz CT molecular complexity index is 688. The second kappa shape index (κ2) is 6.69. The summed E-state index contributed by atoms with van der Waals surface area (Å²) in [5.41, 5.74) is 2.07. The van der Waals surface area contributed by atoms with Crippen molar-refractivity contribution in [2.45, 2.75) is 19.4 Å². The fourth-order valence-electron chi connectivity index (χ4n) is 2.71. The molecule has 5 nitrogen and oxygen atoms in total. The van der Waals surface area contributed by atoms with Crippen molar-refractivity contribution < 1.29 is 14.3 Å². The molecule has 0 saturated heterocycles. The molecule has 0 fully saturated rings. The van der Waals surface area contributed by atoms with E-state index in [0.717, 1.165) is 22.6 Å². The van der Waals surface area contributed by atoms with Crippen LogP contribution in [0.3, 0.4) is 0 Å². The highest BCUT2D eigenvalue weighted by Gasteiger charge is 2.27. The zero-order valence-electron chi connectivity index (χ0n) is 13.3. The maximum Gasteiger partial charge on any atom is 0.227 e. The fraction of sp³-hybridized carbons (Fsp3) is 0.333. The second-order valence-electron chi connectivity index (χ2n) is 5.70. The lowest BCUT2D eigenvalue weighted by molar-refractivity contribution is -0.126. The van der Waals surface area contributed by atoms with E-state index in [1.807, 2.05) is 37.3 Å². The Balaban J connectivity index is 1.65. The van der Waals surface area contributed by atoms with E-state index in [1.165, 1.54) is 0 Å². The standard InChI is InChI=1S/C18H20N2O3/c1-12(13-5-7-19-8-6-13)20-18(21)15-9-14-3-4-16(22-2)10-17(14)23-11-15/h3-8,10,12,15H,9,11H2,1-2H3,(H,20,21). The first-order chi connectivity index (χ1) is 11.2. The van der Waals surface area contributed by atoms with E-state index < -0.39 is 0 Å². The van der Waals surface area contributed by atoms with Gasteiger partial charge in [0.1, 0.15) is 18.1 Å². The summed E-state index contributed by atoms with van der Waals surface area (Å²) in [5.74, 6) is 1.39. The lowest BCUT2D eigenvalue weighted by atomic mass is 9.95. The van der Waals surface area contributed by atoms with Gasteiger partial charge in [-0.15, -0.1) is 0 Å². The summed E-state index contributed by atoms with van der Waals surface area (Å²) >= 11 is 0. The Morgan fingerprint density at radius 3 is 2.87 bits per heavy atom. The maximum atomic E-state index is 12.5. The molecule has 2 heterocycles. The van der Waals surface area contributed by atoms with Crippen molar-refractivity contribution in [2.75, 3.05) is 13.7 Å². The van der Waals surface area contributed by atoms with Crippen LogP contribution in [0.5, 0.6) is 11.5 Å². The average molecular weight is 312 g/mol. The molecular weight excluding hydrogens is 292 g/mol. The van der Waals surface area contributed by atoms with Gasteiger partial charge >= 0.3 is 0 Å². The van der Waals surface area contributed by atoms with Crippen LogP contribution in [0, 0.1) is 5.92 Å². The van der Waals surface area contributed by atoms with Crippen molar-refractivity contribution in [1.29, 1.82) is 0 Å². The number of nitrogens with zero attached hydrogens (tertiary/aromatic N) is 1. The van der Waals surface area contributed by atoms with E-state index in [4.69, 9.17) is 9.47 Å².